The van der Waals surface area contributed by atoms with Gasteiger partial charge in [-0.05, 0) is 30.4 Å². The summed E-state index contributed by atoms with van der Waals surface area (Å²) in [7, 11) is 0. The van der Waals surface area contributed by atoms with Crippen LogP contribution < -0.4 is 0 Å². The molecular weight excluding hydrogens is 228 g/mol. The van der Waals surface area contributed by atoms with Gasteiger partial charge in [0.05, 0.1) is 6.10 Å². The van der Waals surface area contributed by atoms with Crippen LogP contribution >= 0.6 is 11.8 Å². The van der Waals surface area contributed by atoms with Gasteiger partial charge in [-0.15, -0.1) is 11.8 Å². The summed E-state index contributed by atoms with van der Waals surface area (Å²) in [6.45, 7) is 4.44. The molecule has 0 saturated carbocycles. The van der Waals surface area contributed by atoms with Gasteiger partial charge in [-0.1, -0.05) is 44.9 Å². The smallest absolute Gasteiger partial charge is 0.0668 e. The third kappa shape index (κ3) is 3.05. The maximum absolute atomic E-state index is 10.3. The second-order valence-corrected chi connectivity index (χ2v) is 6.23. The summed E-state index contributed by atoms with van der Waals surface area (Å²) < 4.78 is 0. The summed E-state index contributed by atoms with van der Waals surface area (Å²) in [5, 5.41) is 10.7. The number of rotatable bonds is 5. The average Bonchev–Trinajstić information content (AvgIpc) is 2.79. The standard InChI is InChI=1S/C15H22OS/c1-3-11(4-2)9-13(16)15-10-12-7-5-6-8-14(12)17-15/h5-8,11,13,15-16H,3-4,9-10H2,1-2H3. The van der Waals surface area contributed by atoms with E-state index >= 15 is 0 Å². The fraction of sp³-hybridized carbons (Fsp3) is 0.600. The van der Waals surface area contributed by atoms with E-state index in [4.69, 9.17) is 0 Å². The molecule has 94 valence electrons. The van der Waals surface area contributed by atoms with Gasteiger partial charge >= 0.3 is 0 Å². The van der Waals surface area contributed by atoms with E-state index in [1.807, 2.05) is 11.8 Å². The van der Waals surface area contributed by atoms with Gasteiger partial charge < -0.3 is 5.11 Å². The van der Waals surface area contributed by atoms with Gasteiger partial charge in [0.1, 0.15) is 0 Å². The molecule has 1 aromatic carbocycles. The third-order valence-electron chi connectivity index (χ3n) is 3.83. The number of benzene rings is 1. The number of thioether (sulfide) groups is 1. The van der Waals surface area contributed by atoms with Crippen molar-refractivity contribution in [1.82, 2.24) is 0 Å². The van der Waals surface area contributed by atoms with E-state index in [9.17, 15) is 5.11 Å². The van der Waals surface area contributed by atoms with Crippen molar-refractivity contribution in [3.05, 3.63) is 29.8 Å². The molecule has 0 saturated heterocycles. The third-order valence-corrected chi connectivity index (χ3v) is 5.27. The van der Waals surface area contributed by atoms with Gasteiger partial charge in [-0.2, -0.15) is 0 Å². The first-order valence-electron chi connectivity index (χ1n) is 6.67. The molecule has 1 aromatic rings. The minimum atomic E-state index is -0.155. The Morgan fingerprint density at radius 1 is 1.29 bits per heavy atom. The Morgan fingerprint density at radius 2 is 2.00 bits per heavy atom. The molecule has 2 rings (SSSR count). The lowest BCUT2D eigenvalue weighted by Crippen LogP contribution is -2.25. The van der Waals surface area contributed by atoms with Crippen LogP contribution in [0.25, 0.3) is 0 Å². The van der Waals surface area contributed by atoms with Crippen LogP contribution in [0.15, 0.2) is 29.2 Å². The highest BCUT2D eigenvalue weighted by Crippen LogP contribution is 2.39. The molecule has 1 N–H and O–H groups in total. The van der Waals surface area contributed by atoms with Crippen LogP contribution in [-0.4, -0.2) is 16.5 Å². The van der Waals surface area contributed by atoms with Gasteiger partial charge in [0.2, 0.25) is 0 Å². The lowest BCUT2D eigenvalue weighted by atomic mass is 9.93. The van der Waals surface area contributed by atoms with Gasteiger partial charge in [0, 0.05) is 10.1 Å². The maximum Gasteiger partial charge on any atom is 0.0668 e. The van der Waals surface area contributed by atoms with E-state index in [1.165, 1.54) is 23.3 Å². The monoisotopic (exact) mass is 250 g/mol. The summed E-state index contributed by atoms with van der Waals surface area (Å²) in [5.41, 5.74) is 1.41. The summed E-state index contributed by atoms with van der Waals surface area (Å²) in [6, 6.07) is 8.53. The molecule has 0 fully saturated rings. The highest BCUT2D eigenvalue weighted by atomic mass is 32.2. The summed E-state index contributed by atoms with van der Waals surface area (Å²) >= 11 is 1.86. The Kier molecular flexibility index (Phi) is 4.52. The van der Waals surface area contributed by atoms with Crippen molar-refractivity contribution in [3.63, 3.8) is 0 Å². The van der Waals surface area contributed by atoms with Crippen molar-refractivity contribution in [2.75, 3.05) is 0 Å². The van der Waals surface area contributed by atoms with Crippen molar-refractivity contribution >= 4 is 11.8 Å². The molecule has 1 aliphatic rings. The Morgan fingerprint density at radius 3 is 2.65 bits per heavy atom. The van der Waals surface area contributed by atoms with Crippen LogP contribution in [0.5, 0.6) is 0 Å². The topological polar surface area (TPSA) is 20.2 Å². The first kappa shape index (κ1) is 13.0. The Hall–Kier alpha value is -0.470. The average molecular weight is 250 g/mol. The van der Waals surface area contributed by atoms with Gasteiger partial charge in [-0.3, -0.25) is 0 Å². The zero-order valence-corrected chi connectivity index (χ0v) is 11.5. The van der Waals surface area contributed by atoms with Gasteiger partial charge in [-0.25, -0.2) is 0 Å². The minimum absolute atomic E-state index is 0.155. The SMILES string of the molecule is CCC(CC)CC(O)C1Cc2ccccc2S1. The first-order valence-corrected chi connectivity index (χ1v) is 7.55. The lowest BCUT2D eigenvalue weighted by molar-refractivity contribution is 0.137. The molecule has 0 bridgehead atoms. The fourth-order valence-electron chi connectivity index (χ4n) is 2.54. The molecule has 0 aromatic heterocycles. The molecule has 2 heteroatoms. The Balaban J connectivity index is 1.93. The quantitative estimate of drug-likeness (QED) is 0.855. The number of aliphatic hydroxyl groups is 1. The van der Waals surface area contributed by atoms with Crippen molar-refractivity contribution in [2.24, 2.45) is 5.92 Å². The van der Waals surface area contributed by atoms with Crippen LogP contribution in [0, 0.1) is 5.92 Å². The first-order chi connectivity index (χ1) is 8.24. The maximum atomic E-state index is 10.3. The zero-order valence-electron chi connectivity index (χ0n) is 10.7. The summed E-state index contributed by atoms with van der Waals surface area (Å²) in [5.74, 6) is 0.675. The Labute approximate surface area is 109 Å². The molecule has 0 spiro atoms. The molecule has 0 amide bonds. The number of aliphatic hydroxyl groups excluding tert-OH is 1. The highest BCUT2D eigenvalue weighted by molar-refractivity contribution is 8.00. The van der Waals surface area contributed by atoms with Gasteiger partial charge in [0.25, 0.3) is 0 Å². The molecule has 1 heterocycles. The molecule has 0 aliphatic carbocycles. The summed E-state index contributed by atoms with van der Waals surface area (Å²) in [6.07, 6.45) is 4.19. The molecule has 1 nitrogen and oxygen atoms in total. The van der Waals surface area contributed by atoms with E-state index in [0.29, 0.717) is 11.2 Å². The summed E-state index contributed by atoms with van der Waals surface area (Å²) in [4.78, 5) is 1.36. The fourth-order valence-corrected chi connectivity index (χ4v) is 3.86. The minimum Gasteiger partial charge on any atom is -0.392 e. The second kappa shape index (κ2) is 5.92. The Bertz CT molecular complexity index is 335. The molecule has 0 radical (unpaired) electrons. The van der Waals surface area contributed by atoms with E-state index in [0.717, 1.165) is 12.8 Å². The highest BCUT2D eigenvalue weighted by Gasteiger charge is 2.28. The lowest BCUT2D eigenvalue weighted by Gasteiger charge is -2.21. The van der Waals surface area contributed by atoms with Crippen molar-refractivity contribution in [1.29, 1.82) is 0 Å². The van der Waals surface area contributed by atoms with Crippen LogP contribution in [-0.2, 0) is 6.42 Å². The predicted octanol–water partition coefficient (Wildman–Crippen LogP) is 3.89. The molecular formula is C15H22OS. The largest absolute Gasteiger partial charge is 0.392 e. The molecule has 1 aliphatic heterocycles. The number of fused-ring (bicyclic) bond motifs is 1. The number of hydrogen-bond donors (Lipinski definition) is 1. The zero-order chi connectivity index (χ0) is 12.3. The second-order valence-electron chi connectivity index (χ2n) is 4.95. The van der Waals surface area contributed by atoms with Crippen LogP contribution in [0.1, 0.15) is 38.7 Å². The van der Waals surface area contributed by atoms with Crippen LogP contribution in [0.4, 0.5) is 0 Å². The molecule has 17 heavy (non-hydrogen) atoms. The predicted molar refractivity (Wildman–Crippen MR) is 74.5 cm³/mol. The van der Waals surface area contributed by atoms with Crippen LogP contribution in [0.3, 0.4) is 0 Å². The van der Waals surface area contributed by atoms with Crippen molar-refractivity contribution < 1.29 is 5.11 Å². The van der Waals surface area contributed by atoms with Crippen molar-refractivity contribution in [3.8, 4) is 0 Å². The van der Waals surface area contributed by atoms with E-state index in [-0.39, 0.29) is 6.10 Å². The van der Waals surface area contributed by atoms with E-state index < -0.39 is 0 Å². The van der Waals surface area contributed by atoms with Gasteiger partial charge in [0.15, 0.2) is 0 Å². The van der Waals surface area contributed by atoms with E-state index in [2.05, 4.69) is 38.1 Å². The normalized spacial score (nSPS) is 20.6. The number of hydrogen-bond acceptors (Lipinski definition) is 2. The molecule has 2 unspecified atom stereocenters. The van der Waals surface area contributed by atoms with Crippen LogP contribution in [0.2, 0.25) is 0 Å². The van der Waals surface area contributed by atoms with Crippen molar-refractivity contribution in [2.45, 2.75) is 55.8 Å². The van der Waals surface area contributed by atoms with E-state index in [1.54, 1.807) is 0 Å². The molecule has 2 atom stereocenters.